The van der Waals surface area contributed by atoms with Crippen LogP contribution in [0.1, 0.15) is 6.92 Å². The van der Waals surface area contributed by atoms with Gasteiger partial charge in [-0.15, -0.1) is 13.2 Å². The molecule has 1 unspecified atom stereocenters. The number of aromatic amines is 1. The lowest BCUT2D eigenvalue weighted by Crippen LogP contribution is -2.37. The lowest BCUT2D eigenvalue weighted by Gasteiger charge is -2.11. The van der Waals surface area contributed by atoms with Crippen molar-refractivity contribution in [3.8, 4) is 17.2 Å². The van der Waals surface area contributed by atoms with E-state index in [2.05, 4.69) is 15.3 Å². The zero-order chi connectivity index (χ0) is 22.6. The van der Waals surface area contributed by atoms with Gasteiger partial charge in [-0.2, -0.15) is 0 Å². The minimum atomic E-state index is -4.80. The first-order chi connectivity index (χ1) is 14.7. The summed E-state index contributed by atoms with van der Waals surface area (Å²) in [7, 11) is 1.53. The van der Waals surface area contributed by atoms with Gasteiger partial charge >= 0.3 is 17.0 Å². The Morgan fingerprint density at radius 3 is 2.32 bits per heavy atom. The number of nitrogens with zero attached hydrogens (tertiary/aromatic N) is 1. The molecule has 3 aromatic rings. The van der Waals surface area contributed by atoms with Gasteiger partial charge in [0.15, 0.2) is 0 Å². The van der Waals surface area contributed by atoms with E-state index in [9.17, 15) is 22.8 Å². The summed E-state index contributed by atoms with van der Waals surface area (Å²) in [5, 5.41) is 4.46. The van der Waals surface area contributed by atoms with Crippen LogP contribution < -0.4 is 25.1 Å². The summed E-state index contributed by atoms with van der Waals surface area (Å²) in [4.78, 5) is 24.6. The maximum atomic E-state index is 12.5. The van der Waals surface area contributed by atoms with Crippen LogP contribution in [0.3, 0.4) is 0 Å². The maximum Gasteiger partial charge on any atom is 0.573 e. The Kier molecular flexibility index (Phi) is 6.59. The lowest BCUT2D eigenvalue weighted by molar-refractivity contribution is -0.704. The van der Waals surface area contributed by atoms with Crippen LogP contribution in [0.4, 0.5) is 18.9 Å². The van der Waals surface area contributed by atoms with E-state index in [1.165, 1.54) is 23.9 Å². The summed E-state index contributed by atoms with van der Waals surface area (Å²) in [5.41, 5.74) is 0.201. The topological polar surface area (TPSA) is 97.4 Å². The molecule has 2 aromatic carbocycles. The Morgan fingerprint density at radius 1 is 1.13 bits per heavy atom. The van der Waals surface area contributed by atoms with Crippen LogP contribution in [0.25, 0.3) is 5.69 Å². The van der Waals surface area contributed by atoms with E-state index in [0.717, 1.165) is 23.9 Å². The Labute approximate surface area is 177 Å². The van der Waals surface area contributed by atoms with Crippen LogP contribution in [-0.4, -0.2) is 29.9 Å². The molecule has 0 spiro atoms. The highest BCUT2D eigenvalue weighted by Gasteiger charge is 2.31. The average molecular weight is 456 g/mol. The number of carbonyl (C=O) groups is 1. The van der Waals surface area contributed by atoms with E-state index >= 15 is 0 Å². The maximum absolute atomic E-state index is 12.5. The molecule has 0 aliphatic carbocycles. The van der Waals surface area contributed by atoms with Gasteiger partial charge in [0.1, 0.15) is 11.5 Å². The van der Waals surface area contributed by atoms with Gasteiger partial charge in [-0.05, 0) is 65.0 Å². The quantitative estimate of drug-likeness (QED) is 0.418. The Bertz CT molecular complexity index is 1090. The predicted molar refractivity (Wildman–Crippen MR) is 104 cm³/mol. The molecule has 12 heteroatoms. The normalized spacial score (nSPS) is 12.3. The van der Waals surface area contributed by atoms with E-state index in [4.69, 9.17) is 9.26 Å². The Hall–Kier alpha value is -3.41. The summed E-state index contributed by atoms with van der Waals surface area (Å²) >= 11 is 0.955. The first-order valence-electron chi connectivity index (χ1n) is 8.77. The molecule has 0 bridgehead atoms. The first-order valence-corrected chi connectivity index (χ1v) is 9.65. The van der Waals surface area contributed by atoms with Crippen LogP contribution in [0, 0.1) is 0 Å². The number of thioether (sulfide) groups is 1. The standard InChI is InChI=1S/C19H16F3N3O5S/c1-11(16(26)23-12-3-7-15(8-4-12)29-19(20,21)22)31-17-18(27)30-24-25(17)13-5-9-14(28-2)10-6-13/h3-11H,1-2H3,(H-,23,24,26,27)/p+1. The molecule has 2 N–H and O–H groups in total. The number of anilines is 1. The van der Waals surface area contributed by atoms with Crippen molar-refractivity contribution in [2.45, 2.75) is 23.6 Å². The number of hydrogen-bond donors (Lipinski definition) is 2. The number of amides is 1. The zero-order valence-corrected chi connectivity index (χ0v) is 17.0. The number of methoxy groups -OCH3 is 1. The third-order valence-corrected chi connectivity index (χ3v) is 5.09. The third kappa shape index (κ3) is 5.81. The second-order valence-electron chi connectivity index (χ2n) is 6.14. The lowest BCUT2D eigenvalue weighted by atomic mass is 10.3. The average Bonchev–Trinajstić information content (AvgIpc) is 3.08. The van der Waals surface area contributed by atoms with Crippen molar-refractivity contribution in [1.29, 1.82) is 0 Å². The number of aromatic nitrogens is 2. The van der Waals surface area contributed by atoms with Crippen LogP contribution in [0.5, 0.6) is 11.5 Å². The molecule has 1 amide bonds. The molecular formula is C19H17F3N3O5S+. The van der Waals surface area contributed by atoms with E-state index in [0.29, 0.717) is 11.4 Å². The highest BCUT2D eigenvalue weighted by Crippen LogP contribution is 2.25. The number of halogens is 3. The van der Waals surface area contributed by atoms with Crippen LogP contribution >= 0.6 is 11.8 Å². The molecule has 1 aromatic heterocycles. The second kappa shape index (κ2) is 9.16. The number of hydrogen-bond acceptors (Lipinski definition) is 6. The predicted octanol–water partition coefficient (Wildman–Crippen LogP) is 3.27. The number of ether oxygens (including phenoxy) is 2. The Balaban J connectivity index is 1.69. The third-order valence-electron chi connectivity index (χ3n) is 3.95. The first kappa shape index (κ1) is 22.3. The second-order valence-corrected chi connectivity index (χ2v) is 7.47. The van der Waals surface area contributed by atoms with Crippen LogP contribution in [-0.2, 0) is 4.79 Å². The summed E-state index contributed by atoms with van der Waals surface area (Å²) < 4.78 is 51.8. The summed E-state index contributed by atoms with van der Waals surface area (Å²) in [6, 6.07) is 11.5. The van der Waals surface area contributed by atoms with Gasteiger partial charge in [-0.25, -0.2) is 4.79 Å². The summed E-state index contributed by atoms with van der Waals surface area (Å²) in [5.74, 6) is -0.237. The largest absolute Gasteiger partial charge is 0.573 e. The van der Waals surface area contributed by atoms with Crippen molar-refractivity contribution in [3.63, 3.8) is 0 Å². The number of rotatable bonds is 7. The molecule has 3 rings (SSSR count). The van der Waals surface area contributed by atoms with Crippen molar-refractivity contribution in [2.75, 3.05) is 12.4 Å². The zero-order valence-electron chi connectivity index (χ0n) is 16.2. The van der Waals surface area contributed by atoms with Crippen molar-refractivity contribution in [3.05, 3.63) is 59.0 Å². The van der Waals surface area contributed by atoms with Crippen molar-refractivity contribution >= 4 is 23.4 Å². The summed E-state index contributed by atoms with van der Waals surface area (Å²) in [6.45, 7) is 1.58. The van der Waals surface area contributed by atoms with Gasteiger partial charge < -0.3 is 14.8 Å². The van der Waals surface area contributed by atoms with Gasteiger partial charge in [0.2, 0.25) is 11.6 Å². The number of benzene rings is 2. The molecule has 0 saturated heterocycles. The fraction of sp³-hybridized carbons (Fsp3) is 0.211. The SMILES string of the molecule is COc1ccc(-[n+]2[nH]oc(=O)c2SC(C)C(=O)Nc2ccc(OC(F)(F)F)cc2)cc1. The summed E-state index contributed by atoms with van der Waals surface area (Å²) in [6.07, 6.45) is -4.80. The van der Waals surface area contributed by atoms with Crippen molar-refractivity contribution < 1.29 is 36.6 Å². The highest BCUT2D eigenvalue weighted by molar-refractivity contribution is 8.00. The van der Waals surface area contributed by atoms with Crippen LogP contribution in [0.2, 0.25) is 0 Å². The number of H-pyrrole nitrogens is 1. The monoisotopic (exact) mass is 456 g/mol. The number of carbonyl (C=O) groups excluding carboxylic acids is 1. The molecule has 31 heavy (non-hydrogen) atoms. The molecule has 0 saturated carbocycles. The molecule has 0 aliphatic rings. The van der Waals surface area contributed by atoms with Gasteiger partial charge in [0.25, 0.3) is 0 Å². The molecule has 1 atom stereocenters. The van der Waals surface area contributed by atoms with Gasteiger partial charge in [0, 0.05) is 17.8 Å². The van der Waals surface area contributed by atoms with Crippen molar-refractivity contribution in [2.24, 2.45) is 0 Å². The fourth-order valence-corrected chi connectivity index (χ4v) is 3.36. The molecule has 0 fully saturated rings. The highest BCUT2D eigenvalue weighted by atomic mass is 32.2. The Morgan fingerprint density at radius 2 is 1.74 bits per heavy atom. The van der Waals surface area contributed by atoms with E-state index in [1.807, 2.05) is 0 Å². The van der Waals surface area contributed by atoms with Crippen molar-refractivity contribution in [1.82, 2.24) is 5.27 Å². The fourth-order valence-electron chi connectivity index (χ4n) is 2.47. The molecule has 164 valence electrons. The van der Waals surface area contributed by atoms with E-state index in [-0.39, 0.29) is 10.7 Å². The molecule has 0 radical (unpaired) electrons. The minimum absolute atomic E-state index is 0.141. The number of nitrogens with one attached hydrogen (secondary N) is 2. The van der Waals surface area contributed by atoms with Crippen LogP contribution in [0.15, 0.2) is 62.9 Å². The number of alkyl halides is 3. The molecule has 1 heterocycles. The smallest absolute Gasteiger partial charge is 0.497 e. The molecule has 0 aliphatic heterocycles. The van der Waals surface area contributed by atoms with E-state index in [1.54, 1.807) is 31.2 Å². The van der Waals surface area contributed by atoms with Gasteiger partial charge in [-0.1, -0.05) is 0 Å². The molecular weight excluding hydrogens is 439 g/mol. The van der Waals surface area contributed by atoms with E-state index < -0.39 is 28.9 Å². The van der Waals surface area contributed by atoms with Gasteiger partial charge in [0.05, 0.1) is 12.4 Å². The molecule has 8 nitrogen and oxygen atoms in total. The minimum Gasteiger partial charge on any atom is -0.497 e. The van der Waals surface area contributed by atoms with Gasteiger partial charge in [-0.3, -0.25) is 9.32 Å².